The van der Waals surface area contributed by atoms with Crippen LogP contribution in [0.3, 0.4) is 0 Å². The average Bonchev–Trinajstić information content (AvgIpc) is 3.35. The molecule has 2 aromatic carbocycles. The summed E-state index contributed by atoms with van der Waals surface area (Å²) >= 11 is 13.7. The first kappa shape index (κ1) is 26.1. The molecule has 0 radical (unpaired) electrons. The van der Waals surface area contributed by atoms with Gasteiger partial charge in [0.1, 0.15) is 0 Å². The number of hydrogen-bond donors (Lipinski definition) is 0. The number of rotatable bonds is 6. The summed E-state index contributed by atoms with van der Waals surface area (Å²) in [5.41, 5.74) is 2.38. The molecule has 0 bridgehead atoms. The van der Waals surface area contributed by atoms with Gasteiger partial charge in [-0.3, -0.25) is 14.7 Å². The lowest BCUT2D eigenvalue weighted by Crippen LogP contribution is -2.44. The van der Waals surface area contributed by atoms with Crippen molar-refractivity contribution in [2.75, 3.05) is 18.0 Å². The van der Waals surface area contributed by atoms with E-state index in [2.05, 4.69) is 4.98 Å². The quantitative estimate of drug-likeness (QED) is 0.284. The topological polar surface area (TPSA) is 83.5 Å². The molecule has 4 aromatic rings. The van der Waals surface area contributed by atoms with Gasteiger partial charge in [0.15, 0.2) is 5.13 Å². The molecule has 0 aliphatic carbocycles. The SMILES string of the molecule is Cc1c(Cl)ccc2sc(N(Cc3ccccn3)C(=O)C3CCN(S(=O)(=O)c4ccc(Cl)cc4)CC3)nc12. The lowest BCUT2D eigenvalue weighted by molar-refractivity contribution is -0.123. The van der Waals surface area contributed by atoms with Crippen molar-refractivity contribution in [3.8, 4) is 0 Å². The van der Waals surface area contributed by atoms with Gasteiger partial charge in [-0.2, -0.15) is 4.31 Å². The Balaban J connectivity index is 1.39. The highest BCUT2D eigenvalue weighted by atomic mass is 35.5. The third-order valence-electron chi connectivity index (χ3n) is 6.53. The van der Waals surface area contributed by atoms with Gasteiger partial charge in [0.05, 0.1) is 27.4 Å². The number of carbonyl (C=O) groups is 1. The highest BCUT2D eigenvalue weighted by Gasteiger charge is 2.35. The molecule has 3 heterocycles. The Labute approximate surface area is 229 Å². The molecule has 1 aliphatic heterocycles. The van der Waals surface area contributed by atoms with Crippen LogP contribution in [0.15, 0.2) is 65.7 Å². The van der Waals surface area contributed by atoms with Gasteiger partial charge in [-0.25, -0.2) is 13.4 Å². The number of sulfonamides is 1. The summed E-state index contributed by atoms with van der Waals surface area (Å²) in [6.45, 7) is 2.70. The number of aryl methyl sites for hydroxylation is 1. The average molecular weight is 576 g/mol. The van der Waals surface area contributed by atoms with E-state index in [-0.39, 0.29) is 36.4 Å². The summed E-state index contributed by atoms with van der Waals surface area (Å²) in [5, 5.41) is 1.68. The predicted molar refractivity (Wildman–Crippen MR) is 148 cm³/mol. The minimum Gasteiger partial charge on any atom is -0.282 e. The fourth-order valence-corrected chi connectivity index (χ4v) is 7.19. The number of piperidine rings is 1. The van der Waals surface area contributed by atoms with E-state index in [1.807, 2.05) is 37.3 Å². The number of hydrogen-bond acceptors (Lipinski definition) is 6. The standard InChI is InChI=1S/C26H24Cl2N4O3S2/c1-17-22(28)9-10-23-24(17)30-26(36-23)32(16-20-4-2-3-13-29-20)25(33)18-11-14-31(15-12-18)37(34,35)21-7-5-19(27)6-8-21/h2-10,13,18H,11-12,14-16H2,1H3. The van der Waals surface area contributed by atoms with Crippen molar-refractivity contribution >= 4 is 65.8 Å². The maximum atomic E-state index is 13.9. The van der Waals surface area contributed by atoms with Crippen LogP contribution in [0.1, 0.15) is 24.1 Å². The third kappa shape index (κ3) is 5.37. The van der Waals surface area contributed by atoms with Crippen molar-refractivity contribution in [2.24, 2.45) is 5.92 Å². The van der Waals surface area contributed by atoms with E-state index in [0.29, 0.717) is 28.0 Å². The van der Waals surface area contributed by atoms with Crippen molar-refractivity contribution in [1.82, 2.24) is 14.3 Å². The van der Waals surface area contributed by atoms with Crippen LogP contribution in [0.2, 0.25) is 10.0 Å². The highest BCUT2D eigenvalue weighted by molar-refractivity contribution is 7.89. The number of carbonyl (C=O) groups excluding carboxylic acids is 1. The zero-order chi connectivity index (χ0) is 26.2. The van der Waals surface area contributed by atoms with Crippen LogP contribution >= 0.6 is 34.5 Å². The van der Waals surface area contributed by atoms with Gasteiger partial charge >= 0.3 is 0 Å². The number of pyridine rings is 1. The number of thiazole rings is 1. The van der Waals surface area contributed by atoms with Crippen LogP contribution in [0.5, 0.6) is 0 Å². The maximum absolute atomic E-state index is 13.9. The van der Waals surface area contributed by atoms with Crippen molar-refractivity contribution in [3.05, 3.63) is 82.1 Å². The van der Waals surface area contributed by atoms with Gasteiger partial charge in [0, 0.05) is 35.2 Å². The first-order valence-electron chi connectivity index (χ1n) is 11.8. The molecule has 2 aromatic heterocycles. The Hall–Kier alpha value is -2.56. The lowest BCUT2D eigenvalue weighted by Gasteiger charge is -2.33. The van der Waals surface area contributed by atoms with Crippen molar-refractivity contribution < 1.29 is 13.2 Å². The van der Waals surface area contributed by atoms with Crippen LogP contribution in [-0.4, -0.2) is 41.7 Å². The normalized spacial score (nSPS) is 15.2. The highest BCUT2D eigenvalue weighted by Crippen LogP contribution is 2.36. The van der Waals surface area contributed by atoms with Crippen LogP contribution < -0.4 is 4.90 Å². The Morgan fingerprint density at radius 2 is 1.81 bits per heavy atom. The van der Waals surface area contributed by atoms with Gasteiger partial charge in [-0.1, -0.05) is 40.6 Å². The van der Waals surface area contributed by atoms with E-state index >= 15 is 0 Å². The molecule has 0 saturated carbocycles. The Kier molecular flexibility index (Phi) is 7.51. The molecule has 5 rings (SSSR count). The molecule has 1 aliphatic rings. The number of anilines is 1. The smallest absolute Gasteiger partial charge is 0.243 e. The zero-order valence-corrected chi connectivity index (χ0v) is 23.1. The second-order valence-electron chi connectivity index (χ2n) is 8.89. The Morgan fingerprint density at radius 3 is 2.49 bits per heavy atom. The van der Waals surface area contributed by atoms with E-state index in [0.717, 1.165) is 21.5 Å². The minimum atomic E-state index is -3.66. The zero-order valence-electron chi connectivity index (χ0n) is 20.0. The van der Waals surface area contributed by atoms with E-state index in [1.165, 1.54) is 27.8 Å². The lowest BCUT2D eigenvalue weighted by atomic mass is 9.96. The molecular formula is C26H24Cl2N4O3S2. The van der Waals surface area contributed by atoms with Crippen LogP contribution in [0, 0.1) is 12.8 Å². The van der Waals surface area contributed by atoms with Gasteiger partial charge < -0.3 is 0 Å². The molecule has 1 saturated heterocycles. The molecule has 0 spiro atoms. The second kappa shape index (κ2) is 10.7. The largest absolute Gasteiger partial charge is 0.282 e. The summed E-state index contributed by atoms with van der Waals surface area (Å²) in [6, 6.07) is 15.5. The third-order valence-corrected chi connectivity index (χ3v) is 10.2. The van der Waals surface area contributed by atoms with Gasteiger partial charge in [0.2, 0.25) is 15.9 Å². The molecule has 0 N–H and O–H groups in total. The van der Waals surface area contributed by atoms with Crippen molar-refractivity contribution in [3.63, 3.8) is 0 Å². The molecule has 1 fully saturated rings. The summed E-state index contributed by atoms with van der Waals surface area (Å²) in [7, 11) is -3.66. The number of benzene rings is 2. The number of fused-ring (bicyclic) bond motifs is 1. The minimum absolute atomic E-state index is 0.0861. The number of nitrogens with zero attached hydrogens (tertiary/aromatic N) is 4. The Morgan fingerprint density at radius 1 is 1.08 bits per heavy atom. The van der Waals surface area contributed by atoms with Crippen molar-refractivity contribution in [1.29, 1.82) is 0 Å². The first-order chi connectivity index (χ1) is 17.7. The van der Waals surface area contributed by atoms with Gasteiger partial charge in [0.25, 0.3) is 0 Å². The number of amides is 1. The molecule has 1 amide bonds. The predicted octanol–water partition coefficient (Wildman–Crippen LogP) is 5.94. The van der Waals surface area contributed by atoms with E-state index in [9.17, 15) is 13.2 Å². The molecule has 0 atom stereocenters. The second-order valence-corrected chi connectivity index (χ2v) is 12.7. The number of halogens is 2. The van der Waals surface area contributed by atoms with Crippen molar-refractivity contribution in [2.45, 2.75) is 31.2 Å². The van der Waals surface area contributed by atoms with Gasteiger partial charge in [-0.15, -0.1) is 0 Å². The first-order valence-corrected chi connectivity index (χ1v) is 14.8. The van der Waals surface area contributed by atoms with E-state index in [4.69, 9.17) is 28.2 Å². The Bertz CT molecular complexity index is 1540. The fraction of sp³-hybridized carbons (Fsp3) is 0.269. The van der Waals surface area contributed by atoms with Crippen LogP contribution in [-0.2, 0) is 21.4 Å². The summed E-state index contributed by atoms with van der Waals surface area (Å²) < 4.78 is 28.6. The van der Waals surface area contributed by atoms with Crippen LogP contribution in [0.25, 0.3) is 10.2 Å². The van der Waals surface area contributed by atoms with E-state index < -0.39 is 10.0 Å². The maximum Gasteiger partial charge on any atom is 0.243 e. The fourth-order valence-electron chi connectivity index (χ4n) is 4.42. The molecule has 11 heteroatoms. The summed E-state index contributed by atoms with van der Waals surface area (Å²) in [5.74, 6) is -0.422. The van der Waals surface area contributed by atoms with Gasteiger partial charge in [-0.05, 0) is 73.9 Å². The summed E-state index contributed by atoms with van der Waals surface area (Å²) in [6.07, 6.45) is 2.53. The molecular weight excluding hydrogens is 551 g/mol. The number of aromatic nitrogens is 2. The monoisotopic (exact) mass is 574 g/mol. The molecule has 7 nitrogen and oxygen atoms in total. The molecule has 192 valence electrons. The molecule has 0 unspecified atom stereocenters. The van der Waals surface area contributed by atoms with Crippen LogP contribution in [0.4, 0.5) is 5.13 Å². The molecule has 37 heavy (non-hydrogen) atoms. The summed E-state index contributed by atoms with van der Waals surface area (Å²) in [4.78, 5) is 24.9. The van der Waals surface area contributed by atoms with E-state index in [1.54, 1.807) is 23.2 Å².